The Morgan fingerprint density at radius 1 is 0.903 bits per heavy atom. The first-order chi connectivity index (χ1) is 15.1. The Morgan fingerprint density at radius 3 is 2.23 bits per heavy atom. The number of para-hydroxylation sites is 1. The van der Waals surface area contributed by atoms with Crippen molar-refractivity contribution in [2.45, 2.75) is 6.92 Å². The van der Waals surface area contributed by atoms with Gasteiger partial charge in [-0.2, -0.15) is 0 Å². The molecule has 0 atom stereocenters. The Kier molecular flexibility index (Phi) is 5.49. The molecule has 2 heterocycles. The molecule has 7 heteroatoms. The van der Waals surface area contributed by atoms with Crippen LogP contribution >= 0.6 is 0 Å². The Balaban J connectivity index is 1.89. The van der Waals surface area contributed by atoms with Crippen LogP contribution in [0.15, 0.2) is 60.8 Å². The SMILES string of the molecule is COc1ccccc1-c1nc2cc(C)ccn2c1NC(=O)c1c(OC)cccc1OC. The molecular formula is C24H23N3O4. The molecule has 4 aromatic rings. The van der Waals surface area contributed by atoms with E-state index in [0.29, 0.717) is 40.0 Å². The van der Waals surface area contributed by atoms with Gasteiger partial charge >= 0.3 is 0 Å². The van der Waals surface area contributed by atoms with E-state index in [2.05, 4.69) is 5.32 Å². The minimum atomic E-state index is -0.368. The van der Waals surface area contributed by atoms with E-state index in [1.54, 1.807) is 25.3 Å². The summed E-state index contributed by atoms with van der Waals surface area (Å²) in [5.41, 5.74) is 3.45. The van der Waals surface area contributed by atoms with E-state index in [9.17, 15) is 4.79 Å². The first-order valence-electron chi connectivity index (χ1n) is 9.71. The van der Waals surface area contributed by atoms with Gasteiger partial charge in [-0.25, -0.2) is 4.98 Å². The molecular weight excluding hydrogens is 394 g/mol. The van der Waals surface area contributed by atoms with E-state index in [4.69, 9.17) is 19.2 Å². The van der Waals surface area contributed by atoms with Crippen molar-refractivity contribution in [1.82, 2.24) is 9.38 Å². The highest BCUT2D eigenvalue weighted by Crippen LogP contribution is 2.36. The van der Waals surface area contributed by atoms with E-state index >= 15 is 0 Å². The highest BCUT2D eigenvalue weighted by molar-refractivity contribution is 6.09. The predicted octanol–water partition coefficient (Wildman–Crippen LogP) is 4.59. The number of ether oxygens (including phenoxy) is 3. The Labute approximate surface area is 180 Å². The smallest absolute Gasteiger partial charge is 0.264 e. The van der Waals surface area contributed by atoms with Crippen LogP contribution in [-0.2, 0) is 0 Å². The van der Waals surface area contributed by atoms with Gasteiger partial charge in [-0.15, -0.1) is 0 Å². The molecule has 0 radical (unpaired) electrons. The van der Waals surface area contributed by atoms with E-state index in [1.807, 2.05) is 53.9 Å². The van der Waals surface area contributed by atoms with E-state index in [0.717, 1.165) is 11.1 Å². The molecule has 0 aliphatic heterocycles. The molecule has 0 saturated carbocycles. The van der Waals surface area contributed by atoms with Gasteiger partial charge in [-0.3, -0.25) is 9.20 Å². The number of methoxy groups -OCH3 is 3. The highest BCUT2D eigenvalue weighted by Gasteiger charge is 2.23. The number of carbonyl (C=O) groups is 1. The minimum Gasteiger partial charge on any atom is -0.496 e. The maximum atomic E-state index is 13.4. The molecule has 0 aliphatic carbocycles. The highest BCUT2D eigenvalue weighted by atomic mass is 16.5. The minimum absolute atomic E-state index is 0.306. The first kappa shape index (κ1) is 20.3. The van der Waals surface area contributed by atoms with Gasteiger partial charge in [0.2, 0.25) is 0 Å². The number of aromatic nitrogens is 2. The lowest BCUT2D eigenvalue weighted by Crippen LogP contribution is -2.16. The topological polar surface area (TPSA) is 74.1 Å². The molecule has 4 rings (SSSR count). The zero-order valence-corrected chi connectivity index (χ0v) is 17.8. The maximum Gasteiger partial charge on any atom is 0.264 e. The number of carbonyl (C=O) groups excluding carboxylic acids is 1. The van der Waals surface area contributed by atoms with Gasteiger partial charge in [-0.1, -0.05) is 18.2 Å². The normalized spacial score (nSPS) is 10.7. The van der Waals surface area contributed by atoms with Crippen molar-refractivity contribution >= 4 is 17.4 Å². The quantitative estimate of drug-likeness (QED) is 0.497. The van der Waals surface area contributed by atoms with Crippen LogP contribution in [0, 0.1) is 6.92 Å². The molecule has 2 aromatic carbocycles. The molecule has 1 amide bonds. The van der Waals surface area contributed by atoms with Crippen LogP contribution in [0.2, 0.25) is 0 Å². The summed E-state index contributed by atoms with van der Waals surface area (Å²) in [6, 6.07) is 16.7. The lowest BCUT2D eigenvalue weighted by molar-refractivity contribution is 0.102. The second kappa shape index (κ2) is 8.39. The summed E-state index contributed by atoms with van der Waals surface area (Å²) in [6.45, 7) is 2.00. The second-order valence-electron chi connectivity index (χ2n) is 6.93. The summed E-state index contributed by atoms with van der Waals surface area (Å²) < 4.78 is 18.2. The number of anilines is 1. The molecule has 0 fully saturated rings. The standard InChI is InChI=1S/C24H23N3O4/c1-15-12-13-27-20(14-15)25-22(16-8-5-6-9-17(16)29-2)23(27)26-24(28)21-18(30-3)10-7-11-19(21)31-4/h5-14H,1-4H3,(H,26,28). The molecule has 0 saturated heterocycles. The van der Waals surface area contributed by atoms with Crippen molar-refractivity contribution in [3.05, 3.63) is 71.9 Å². The van der Waals surface area contributed by atoms with Crippen LogP contribution in [0.4, 0.5) is 5.82 Å². The zero-order chi connectivity index (χ0) is 22.0. The number of nitrogens with one attached hydrogen (secondary N) is 1. The number of amides is 1. The average molecular weight is 417 g/mol. The Hall–Kier alpha value is -4.00. The average Bonchev–Trinajstić information content (AvgIpc) is 3.15. The van der Waals surface area contributed by atoms with Gasteiger partial charge in [-0.05, 0) is 48.9 Å². The number of hydrogen-bond donors (Lipinski definition) is 1. The van der Waals surface area contributed by atoms with Gasteiger partial charge in [0.05, 0.1) is 21.3 Å². The van der Waals surface area contributed by atoms with Crippen LogP contribution in [0.25, 0.3) is 16.9 Å². The van der Waals surface area contributed by atoms with Gasteiger partial charge in [0.1, 0.15) is 40.0 Å². The molecule has 0 unspecified atom stereocenters. The largest absolute Gasteiger partial charge is 0.496 e. The first-order valence-corrected chi connectivity index (χ1v) is 9.71. The number of benzene rings is 2. The van der Waals surface area contributed by atoms with Crippen LogP contribution < -0.4 is 19.5 Å². The Morgan fingerprint density at radius 2 is 1.55 bits per heavy atom. The van der Waals surface area contributed by atoms with Crippen LogP contribution in [0.5, 0.6) is 17.2 Å². The lowest BCUT2D eigenvalue weighted by Gasteiger charge is -2.14. The molecule has 2 aromatic heterocycles. The Bertz CT molecular complexity index is 1240. The number of hydrogen-bond acceptors (Lipinski definition) is 5. The number of nitrogens with zero attached hydrogens (tertiary/aromatic N) is 2. The maximum absolute atomic E-state index is 13.4. The monoisotopic (exact) mass is 417 g/mol. The van der Waals surface area contributed by atoms with Gasteiger partial charge in [0.25, 0.3) is 5.91 Å². The van der Waals surface area contributed by atoms with Gasteiger partial charge in [0.15, 0.2) is 0 Å². The van der Waals surface area contributed by atoms with Crippen molar-refractivity contribution < 1.29 is 19.0 Å². The van der Waals surface area contributed by atoms with Crippen LogP contribution in [0.3, 0.4) is 0 Å². The number of imidazole rings is 1. The van der Waals surface area contributed by atoms with Crippen LogP contribution in [-0.4, -0.2) is 36.6 Å². The fourth-order valence-corrected chi connectivity index (χ4v) is 3.54. The van der Waals surface area contributed by atoms with Crippen molar-refractivity contribution in [2.24, 2.45) is 0 Å². The fourth-order valence-electron chi connectivity index (χ4n) is 3.54. The predicted molar refractivity (Wildman–Crippen MR) is 119 cm³/mol. The molecule has 0 bridgehead atoms. The summed E-state index contributed by atoms with van der Waals surface area (Å²) in [6.07, 6.45) is 1.88. The number of pyridine rings is 1. The second-order valence-corrected chi connectivity index (χ2v) is 6.93. The van der Waals surface area contributed by atoms with Crippen molar-refractivity contribution in [1.29, 1.82) is 0 Å². The van der Waals surface area contributed by atoms with Crippen molar-refractivity contribution in [3.8, 4) is 28.5 Å². The lowest BCUT2D eigenvalue weighted by atomic mass is 10.1. The number of fused-ring (bicyclic) bond motifs is 1. The summed E-state index contributed by atoms with van der Waals surface area (Å²) in [5.74, 6) is 1.65. The molecule has 0 aliphatic rings. The molecule has 0 spiro atoms. The van der Waals surface area contributed by atoms with Crippen molar-refractivity contribution in [2.75, 3.05) is 26.6 Å². The summed E-state index contributed by atoms with van der Waals surface area (Å²) in [4.78, 5) is 18.2. The van der Waals surface area contributed by atoms with Gasteiger partial charge < -0.3 is 19.5 Å². The van der Waals surface area contributed by atoms with E-state index in [1.165, 1.54) is 14.2 Å². The summed E-state index contributed by atoms with van der Waals surface area (Å²) in [7, 11) is 4.64. The molecule has 1 N–H and O–H groups in total. The molecule has 7 nitrogen and oxygen atoms in total. The zero-order valence-electron chi connectivity index (χ0n) is 17.8. The summed E-state index contributed by atoms with van der Waals surface area (Å²) in [5, 5.41) is 3.01. The number of rotatable bonds is 6. The molecule has 158 valence electrons. The molecule has 31 heavy (non-hydrogen) atoms. The third kappa shape index (κ3) is 3.66. The van der Waals surface area contributed by atoms with Gasteiger partial charge in [0, 0.05) is 11.8 Å². The third-order valence-electron chi connectivity index (χ3n) is 5.03. The van der Waals surface area contributed by atoms with E-state index in [-0.39, 0.29) is 5.91 Å². The van der Waals surface area contributed by atoms with Crippen molar-refractivity contribution in [3.63, 3.8) is 0 Å². The number of aryl methyl sites for hydroxylation is 1. The summed E-state index contributed by atoms with van der Waals surface area (Å²) >= 11 is 0. The van der Waals surface area contributed by atoms with Crippen LogP contribution in [0.1, 0.15) is 15.9 Å². The van der Waals surface area contributed by atoms with E-state index < -0.39 is 0 Å². The fraction of sp³-hybridized carbons (Fsp3) is 0.167. The third-order valence-corrected chi connectivity index (χ3v) is 5.03.